The largest absolute Gasteiger partial charge is 0.309 e. The predicted octanol–water partition coefficient (Wildman–Crippen LogP) is 4.80. The summed E-state index contributed by atoms with van der Waals surface area (Å²) in [5, 5.41) is 2.95. The fourth-order valence-electron chi connectivity index (χ4n) is 1.96. The van der Waals surface area contributed by atoms with Gasteiger partial charge in [-0.3, -0.25) is 0 Å². The van der Waals surface area contributed by atoms with Crippen LogP contribution in [-0.2, 0) is 0 Å². The summed E-state index contributed by atoms with van der Waals surface area (Å²) < 4.78 is 29.2. The second-order valence-corrected chi connectivity index (χ2v) is 5.80. The zero-order valence-corrected chi connectivity index (χ0v) is 13.2. The highest BCUT2D eigenvalue weighted by atomic mass is 79.9. The first-order chi connectivity index (χ1) is 9.04. The van der Waals surface area contributed by atoms with Gasteiger partial charge in [-0.15, -0.1) is 0 Å². The minimum Gasteiger partial charge on any atom is -0.309 e. The van der Waals surface area contributed by atoms with Gasteiger partial charge in [-0.25, -0.2) is 8.78 Å². The van der Waals surface area contributed by atoms with Crippen molar-refractivity contribution in [2.24, 2.45) is 0 Å². The lowest BCUT2D eigenvalue weighted by Crippen LogP contribution is -2.20. The van der Waals surface area contributed by atoms with E-state index in [2.05, 4.69) is 37.2 Å². The first-order valence-electron chi connectivity index (χ1n) is 5.60. The van der Waals surface area contributed by atoms with Gasteiger partial charge in [-0.05, 0) is 47.2 Å². The van der Waals surface area contributed by atoms with Crippen LogP contribution in [0.3, 0.4) is 0 Å². The number of rotatable bonds is 3. The van der Waals surface area contributed by atoms with Crippen LogP contribution in [0.4, 0.5) is 8.78 Å². The van der Waals surface area contributed by atoms with Crippen LogP contribution in [0.2, 0.25) is 0 Å². The number of halogens is 4. The lowest BCUT2D eigenvalue weighted by atomic mass is 9.98. The highest BCUT2D eigenvalue weighted by Crippen LogP contribution is 2.30. The average molecular weight is 391 g/mol. The van der Waals surface area contributed by atoms with Crippen molar-refractivity contribution in [3.63, 3.8) is 0 Å². The molecule has 0 bridgehead atoms. The standard InChI is InChI=1S/C14H11Br2F2N/c1-19-14(9-3-2-4-11(16)13(9)18)10-7-8(15)5-6-12(10)17/h2-7,14,19H,1H3. The Kier molecular flexibility index (Phi) is 4.71. The molecule has 0 saturated heterocycles. The van der Waals surface area contributed by atoms with Crippen molar-refractivity contribution in [1.82, 2.24) is 5.32 Å². The summed E-state index contributed by atoms with van der Waals surface area (Å²) in [7, 11) is 1.67. The zero-order chi connectivity index (χ0) is 14.0. The Labute approximate surface area is 127 Å². The predicted molar refractivity (Wildman–Crippen MR) is 79.1 cm³/mol. The van der Waals surface area contributed by atoms with Gasteiger partial charge in [-0.2, -0.15) is 0 Å². The molecular weight excluding hydrogens is 380 g/mol. The topological polar surface area (TPSA) is 12.0 Å². The number of benzene rings is 2. The molecule has 0 amide bonds. The van der Waals surface area contributed by atoms with E-state index >= 15 is 0 Å². The molecule has 0 heterocycles. The van der Waals surface area contributed by atoms with Crippen molar-refractivity contribution < 1.29 is 8.78 Å². The van der Waals surface area contributed by atoms with Crippen LogP contribution in [0.5, 0.6) is 0 Å². The lowest BCUT2D eigenvalue weighted by molar-refractivity contribution is 0.544. The molecule has 2 aromatic rings. The molecule has 19 heavy (non-hydrogen) atoms. The Morgan fingerprint density at radius 3 is 2.47 bits per heavy atom. The van der Waals surface area contributed by atoms with Crippen molar-refractivity contribution in [2.45, 2.75) is 6.04 Å². The van der Waals surface area contributed by atoms with Gasteiger partial charge in [0.1, 0.15) is 11.6 Å². The van der Waals surface area contributed by atoms with Gasteiger partial charge in [0.2, 0.25) is 0 Å². The van der Waals surface area contributed by atoms with Crippen molar-refractivity contribution in [2.75, 3.05) is 7.05 Å². The molecule has 0 aliphatic heterocycles. The van der Waals surface area contributed by atoms with E-state index in [4.69, 9.17) is 0 Å². The summed E-state index contributed by atoms with van der Waals surface area (Å²) in [4.78, 5) is 0. The molecule has 0 spiro atoms. The fraction of sp³-hybridized carbons (Fsp3) is 0.143. The van der Waals surface area contributed by atoms with E-state index in [-0.39, 0.29) is 11.6 Å². The Morgan fingerprint density at radius 1 is 1.05 bits per heavy atom. The van der Waals surface area contributed by atoms with Crippen molar-refractivity contribution in [3.05, 3.63) is 68.1 Å². The van der Waals surface area contributed by atoms with E-state index in [1.54, 1.807) is 37.4 Å². The summed E-state index contributed by atoms with van der Waals surface area (Å²) in [5.41, 5.74) is 0.794. The molecular formula is C14H11Br2F2N. The molecule has 1 unspecified atom stereocenters. The van der Waals surface area contributed by atoms with Crippen LogP contribution < -0.4 is 5.32 Å². The number of hydrogen-bond donors (Lipinski definition) is 1. The third kappa shape index (κ3) is 3.04. The maximum Gasteiger partial charge on any atom is 0.142 e. The van der Waals surface area contributed by atoms with Crippen LogP contribution in [0.25, 0.3) is 0 Å². The molecule has 1 N–H and O–H groups in total. The maximum absolute atomic E-state index is 14.1. The normalized spacial score (nSPS) is 12.5. The molecule has 1 atom stereocenters. The van der Waals surface area contributed by atoms with E-state index in [9.17, 15) is 8.78 Å². The van der Waals surface area contributed by atoms with Crippen LogP contribution in [-0.4, -0.2) is 7.05 Å². The van der Waals surface area contributed by atoms with Gasteiger partial charge >= 0.3 is 0 Å². The average Bonchev–Trinajstić information content (AvgIpc) is 2.39. The summed E-state index contributed by atoms with van der Waals surface area (Å²) in [6.07, 6.45) is 0. The fourth-order valence-corrected chi connectivity index (χ4v) is 2.72. The Balaban J connectivity index is 2.56. The third-order valence-electron chi connectivity index (χ3n) is 2.85. The smallest absolute Gasteiger partial charge is 0.142 e. The van der Waals surface area contributed by atoms with E-state index < -0.39 is 6.04 Å². The molecule has 0 fully saturated rings. The Bertz CT molecular complexity index is 600. The van der Waals surface area contributed by atoms with Crippen molar-refractivity contribution >= 4 is 31.9 Å². The monoisotopic (exact) mass is 389 g/mol. The van der Waals surface area contributed by atoms with Crippen LogP contribution in [0.15, 0.2) is 45.3 Å². The Hall–Kier alpha value is -0.780. The Morgan fingerprint density at radius 2 is 1.79 bits per heavy atom. The van der Waals surface area contributed by atoms with Crippen molar-refractivity contribution in [3.8, 4) is 0 Å². The third-order valence-corrected chi connectivity index (χ3v) is 3.96. The van der Waals surface area contributed by atoms with E-state index in [1.165, 1.54) is 6.07 Å². The minimum atomic E-state index is -0.546. The molecule has 100 valence electrons. The summed E-state index contributed by atoms with van der Waals surface area (Å²) in [6, 6.07) is 9.06. The van der Waals surface area contributed by atoms with E-state index in [1.807, 2.05) is 0 Å². The van der Waals surface area contributed by atoms with Gasteiger partial charge in [0.05, 0.1) is 10.5 Å². The van der Waals surface area contributed by atoms with Gasteiger partial charge in [0.25, 0.3) is 0 Å². The quantitative estimate of drug-likeness (QED) is 0.793. The molecule has 0 aromatic heterocycles. The number of nitrogens with one attached hydrogen (secondary N) is 1. The molecule has 0 aliphatic carbocycles. The molecule has 0 radical (unpaired) electrons. The molecule has 0 aliphatic rings. The van der Waals surface area contributed by atoms with Gasteiger partial charge < -0.3 is 5.32 Å². The summed E-state index contributed by atoms with van der Waals surface area (Å²) in [6.45, 7) is 0. The lowest BCUT2D eigenvalue weighted by Gasteiger charge is -2.19. The van der Waals surface area contributed by atoms with Crippen LogP contribution in [0, 0.1) is 11.6 Å². The second kappa shape index (κ2) is 6.11. The first-order valence-corrected chi connectivity index (χ1v) is 7.19. The van der Waals surface area contributed by atoms with Gasteiger partial charge in [-0.1, -0.05) is 28.1 Å². The van der Waals surface area contributed by atoms with Crippen LogP contribution >= 0.6 is 31.9 Å². The minimum absolute atomic E-state index is 0.362. The van der Waals surface area contributed by atoms with Gasteiger partial charge in [0, 0.05) is 15.6 Å². The summed E-state index contributed by atoms with van der Waals surface area (Å²) >= 11 is 6.45. The first kappa shape index (κ1) is 14.6. The zero-order valence-electron chi connectivity index (χ0n) is 10.1. The number of hydrogen-bond acceptors (Lipinski definition) is 1. The molecule has 5 heteroatoms. The highest BCUT2D eigenvalue weighted by Gasteiger charge is 2.20. The molecule has 1 nitrogen and oxygen atoms in total. The molecule has 0 saturated carbocycles. The van der Waals surface area contributed by atoms with Crippen LogP contribution in [0.1, 0.15) is 17.2 Å². The van der Waals surface area contributed by atoms with E-state index in [0.717, 1.165) is 4.47 Å². The summed E-state index contributed by atoms with van der Waals surface area (Å²) in [5.74, 6) is -0.761. The van der Waals surface area contributed by atoms with Crippen molar-refractivity contribution in [1.29, 1.82) is 0 Å². The second-order valence-electron chi connectivity index (χ2n) is 4.03. The maximum atomic E-state index is 14.1. The molecule has 2 rings (SSSR count). The molecule has 2 aromatic carbocycles. The SMILES string of the molecule is CNC(c1cc(Br)ccc1F)c1cccc(Br)c1F. The highest BCUT2D eigenvalue weighted by molar-refractivity contribution is 9.10. The van der Waals surface area contributed by atoms with E-state index in [0.29, 0.717) is 15.6 Å². The van der Waals surface area contributed by atoms with Gasteiger partial charge in [0.15, 0.2) is 0 Å².